The summed E-state index contributed by atoms with van der Waals surface area (Å²) in [4.78, 5) is 36.1. The van der Waals surface area contributed by atoms with Gasteiger partial charge in [0.25, 0.3) is 5.56 Å². The fraction of sp³-hybridized carbons (Fsp3) is 0.588. The molecular formula is C17H23N3O2S2. The van der Waals surface area contributed by atoms with Crippen molar-refractivity contribution in [1.82, 2.24) is 14.9 Å². The molecule has 2 atom stereocenters. The first-order chi connectivity index (χ1) is 11.4. The number of nitrogens with zero attached hydrogens (tertiary/aromatic N) is 2. The minimum absolute atomic E-state index is 0.114. The van der Waals surface area contributed by atoms with Crippen molar-refractivity contribution in [1.29, 1.82) is 0 Å². The highest BCUT2D eigenvalue weighted by molar-refractivity contribution is 7.99. The summed E-state index contributed by atoms with van der Waals surface area (Å²) >= 11 is 2.85. The number of carbonyl (C=O) groups is 1. The summed E-state index contributed by atoms with van der Waals surface area (Å²) < 4.78 is 0. The molecule has 3 heterocycles. The minimum atomic E-state index is -0.114. The van der Waals surface area contributed by atoms with E-state index in [4.69, 9.17) is 0 Å². The number of nitrogens with one attached hydrogen (secondary N) is 1. The van der Waals surface area contributed by atoms with Gasteiger partial charge >= 0.3 is 0 Å². The monoisotopic (exact) mass is 365 g/mol. The van der Waals surface area contributed by atoms with Crippen molar-refractivity contribution in [3.8, 4) is 0 Å². The number of amides is 1. The van der Waals surface area contributed by atoms with Crippen molar-refractivity contribution in [3.05, 3.63) is 20.8 Å². The maximum atomic E-state index is 12.6. The van der Waals surface area contributed by atoms with Crippen LogP contribution < -0.4 is 5.56 Å². The Labute approximate surface area is 149 Å². The molecule has 1 saturated heterocycles. The Kier molecular flexibility index (Phi) is 5.01. The number of aromatic nitrogens is 2. The highest BCUT2D eigenvalue weighted by atomic mass is 32.2. The summed E-state index contributed by atoms with van der Waals surface area (Å²) in [5.74, 6) is 0.438. The molecule has 2 aromatic rings. The quantitative estimate of drug-likeness (QED) is 0.668. The summed E-state index contributed by atoms with van der Waals surface area (Å²) in [7, 11) is 0. The largest absolute Gasteiger partial charge is 0.337 e. The van der Waals surface area contributed by atoms with Gasteiger partial charge in [-0.25, -0.2) is 4.98 Å². The first-order valence-corrected chi connectivity index (χ1v) is 10.1. The molecule has 5 nitrogen and oxygen atoms in total. The van der Waals surface area contributed by atoms with Crippen LogP contribution in [0.2, 0.25) is 0 Å². The Balaban J connectivity index is 1.76. The average molecular weight is 366 g/mol. The molecule has 0 aliphatic carbocycles. The maximum absolute atomic E-state index is 12.6. The lowest BCUT2D eigenvalue weighted by molar-refractivity contribution is -0.134. The topological polar surface area (TPSA) is 66.1 Å². The second-order valence-electron chi connectivity index (χ2n) is 6.55. The molecule has 0 unspecified atom stereocenters. The van der Waals surface area contributed by atoms with Gasteiger partial charge in [0, 0.05) is 17.0 Å². The van der Waals surface area contributed by atoms with Gasteiger partial charge in [-0.15, -0.1) is 11.3 Å². The van der Waals surface area contributed by atoms with Crippen LogP contribution in [0.3, 0.4) is 0 Å². The maximum Gasteiger partial charge on any atom is 0.260 e. The highest BCUT2D eigenvalue weighted by Crippen LogP contribution is 2.28. The van der Waals surface area contributed by atoms with E-state index in [1.807, 2.05) is 18.7 Å². The van der Waals surface area contributed by atoms with Gasteiger partial charge in [-0.05, 0) is 52.5 Å². The number of thioether (sulfide) groups is 1. The van der Waals surface area contributed by atoms with E-state index in [2.05, 4.69) is 23.8 Å². The van der Waals surface area contributed by atoms with Gasteiger partial charge in [0.1, 0.15) is 4.83 Å². The van der Waals surface area contributed by atoms with E-state index in [0.717, 1.165) is 28.1 Å². The van der Waals surface area contributed by atoms with E-state index in [9.17, 15) is 9.59 Å². The number of aromatic amines is 1. The molecule has 1 aliphatic heterocycles. The number of carbonyl (C=O) groups excluding carboxylic acids is 1. The van der Waals surface area contributed by atoms with Crippen molar-refractivity contribution >= 4 is 39.2 Å². The lowest BCUT2D eigenvalue weighted by Gasteiger charge is -2.39. The van der Waals surface area contributed by atoms with Crippen LogP contribution in [-0.2, 0) is 4.79 Å². The zero-order valence-corrected chi connectivity index (χ0v) is 16.1. The van der Waals surface area contributed by atoms with Crippen molar-refractivity contribution in [2.24, 2.45) is 0 Å². The van der Waals surface area contributed by atoms with Crippen molar-refractivity contribution < 1.29 is 4.79 Å². The number of thiophene rings is 1. The third kappa shape index (κ3) is 3.24. The van der Waals surface area contributed by atoms with Crippen LogP contribution in [0, 0.1) is 13.8 Å². The molecule has 130 valence electrons. The van der Waals surface area contributed by atoms with Crippen LogP contribution in [-0.4, -0.2) is 38.6 Å². The third-order valence-corrected chi connectivity index (χ3v) is 6.79. The SMILES string of the molecule is Cc1sc2nc(SCC(=O)N3[C@@H](C)CCC[C@@H]3C)[nH]c(=O)c2c1C. The Morgan fingerprint density at radius 3 is 2.67 bits per heavy atom. The molecule has 24 heavy (non-hydrogen) atoms. The number of likely N-dealkylation sites (tertiary alicyclic amines) is 1. The van der Waals surface area contributed by atoms with E-state index < -0.39 is 0 Å². The van der Waals surface area contributed by atoms with Crippen molar-refractivity contribution in [3.63, 3.8) is 0 Å². The van der Waals surface area contributed by atoms with Crippen LogP contribution in [0.1, 0.15) is 43.6 Å². The molecule has 7 heteroatoms. The van der Waals surface area contributed by atoms with Crippen molar-refractivity contribution in [2.45, 2.75) is 64.2 Å². The summed E-state index contributed by atoms with van der Waals surface area (Å²) in [5.41, 5.74) is 0.879. The van der Waals surface area contributed by atoms with Gasteiger partial charge in [-0.2, -0.15) is 0 Å². The number of rotatable bonds is 3. The Bertz CT molecular complexity index is 817. The molecule has 0 spiro atoms. The Morgan fingerprint density at radius 2 is 2.00 bits per heavy atom. The van der Waals surface area contributed by atoms with Crippen LogP contribution in [0.25, 0.3) is 10.2 Å². The second kappa shape index (κ2) is 6.88. The number of hydrogen-bond donors (Lipinski definition) is 1. The summed E-state index contributed by atoms with van der Waals surface area (Å²) in [6.45, 7) is 8.17. The normalized spacial score (nSPS) is 21.4. The van der Waals surface area contributed by atoms with Gasteiger partial charge < -0.3 is 9.88 Å². The molecule has 3 rings (SSSR count). The van der Waals surface area contributed by atoms with E-state index in [0.29, 0.717) is 28.4 Å². The standard InChI is InChI=1S/C17H23N3O2S2/c1-9-6-5-7-10(2)20(9)13(21)8-23-17-18-15(22)14-11(3)12(4)24-16(14)19-17/h9-10H,5-8H2,1-4H3,(H,18,19,22)/t9-,10-/m0/s1. The zero-order chi connectivity index (χ0) is 17.4. The van der Waals surface area contributed by atoms with Crippen molar-refractivity contribution in [2.75, 3.05) is 5.75 Å². The van der Waals surface area contributed by atoms with Gasteiger partial charge in [-0.1, -0.05) is 11.8 Å². The van der Waals surface area contributed by atoms with Gasteiger partial charge in [0.2, 0.25) is 5.91 Å². The zero-order valence-electron chi connectivity index (χ0n) is 14.5. The number of aryl methyl sites for hydroxylation is 2. The van der Waals surface area contributed by atoms with Crippen LogP contribution in [0.15, 0.2) is 9.95 Å². The fourth-order valence-corrected chi connectivity index (χ4v) is 5.24. The van der Waals surface area contributed by atoms with Crippen LogP contribution >= 0.6 is 23.1 Å². The first kappa shape index (κ1) is 17.5. The predicted octanol–water partition coefficient (Wildman–Crippen LogP) is 3.48. The average Bonchev–Trinajstić information content (AvgIpc) is 2.80. The molecule has 0 saturated carbocycles. The number of piperidine rings is 1. The van der Waals surface area contributed by atoms with Crippen LogP contribution in [0.5, 0.6) is 0 Å². The molecule has 2 aromatic heterocycles. The highest BCUT2D eigenvalue weighted by Gasteiger charge is 2.28. The fourth-order valence-electron chi connectivity index (χ4n) is 3.42. The Morgan fingerprint density at radius 1 is 1.33 bits per heavy atom. The molecule has 0 aromatic carbocycles. The molecular weight excluding hydrogens is 342 g/mol. The smallest absolute Gasteiger partial charge is 0.260 e. The van der Waals surface area contributed by atoms with Crippen LogP contribution in [0.4, 0.5) is 0 Å². The van der Waals surface area contributed by atoms with E-state index in [1.165, 1.54) is 29.5 Å². The Hall–Kier alpha value is -1.34. The lowest BCUT2D eigenvalue weighted by atomic mass is 9.98. The van der Waals surface area contributed by atoms with Gasteiger partial charge in [0.15, 0.2) is 5.16 Å². The number of H-pyrrole nitrogens is 1. The lowest BCUT2D eigenvalue weighted by Crippen LogP contribution is -2.48. The van der Waals surface area contributed by atoms with E-state index >= 15 is 0 Å². The first-order valence-electron chi connectivity index (χ1n) is 8.32. The van der Waals surface area contributed by atoms with Gasteiger partial charge in [-0.3, -0.25) is 9.59 Å². The predicted molar refractivity (Wildman–Crippen MR) is 100 cm³/mol. The number of fused-ring (bicyclic) bond motifs is 1. The van der Waals surface area contributed by atoms with Gasteiger partial charge in [0.05, 0.1) is 11.1 Å². The molecule has 0 bridgehead atoms. The van der Waals surface area contributed by atoms with E-state index in [-0.39, 0.29) is 11.5 Å². The molecule has 1 aliphatic rings. The summed E-state index contributed by atoms with van der Waals surface area (Å²) in [6, 6.07) is 0.581. The summed E-state index contributed by atoms with van der Waals surface area (Å²) in [6.07, 6.45) is 3.31. The second-order valence-corrected chi connectivity index (χ2v) is 8.72. The molecule has 0 radical (unpaired) electrons. The number of hydrogen-bond acceptors (Lipinski definition) is 5. The molecule has 1 amide bonds. The van der Waals surface area contributed by atoms with E-state index in [1.54, 1.807) is 0 Å². The molecule has 1 fully saturated rings. The minimum Gasteiger partial charge on any atom is -0.337 e. The molecule has 1 N–H and O–H groups in total. The summed E-state index contributed by atoms with van der Waals surface area (Å²) in [5, 5.41) is 1.20. The third-order valence-electron chi connectivity index (χ3n) is 4.83.